The fraction of sp³-hybridized carbons (Fsp3) is 0.444. The summed E-state index contributed by atoms with van der Waals surface area (Å²) >= 11 is 0. The van der Waals surface area contributed by atoms with E-state index in [9.17, 15) is 10.2 Å². The molecule has 2 heterocycles. The molecular formula is C18H22N2O5. The van der Waals surface area contributed by atoms with Gasteiger partial charge < -0.3 is 24.2 Å². The summed E-state index contributed by atoms with van der Waals surface area (Å²) in [5.41, 5.74) is 1.49. The Morgan fingerprint density at radius 3 is 2.60 bits per heavy atom. The van der Waals surface area contributed by atoms with Gasteiger partial charge in [0.15, 0.2) is 17.7 Å². The summed E-state index contributed by atoms with van der Waals surface area (Å²) in [4.78, 5) is 4.12. The Kier molecular flexibility index (Phi) is 5.55. The van der Waals surface area contributed by atoms with Crippen LogP contribution in [0, 0.1) is 6.92 Å². The van der Waals surface area contributed by atoms with Crippen molar-refractivity contribution in [1.82, 2.24) is 5.16 Å². The number of hydrogen-bond acceptors (Lipinski definition) is 7. The molecule has 0 saturated carbocycles. The van der Waals surface area contributed by atoms with E-state index in [0.29, 0.717) is 18.8 Å². The number of aliphatic imine (C=N–C) groups is 1. The number of phenols is 2. The van der Waals surface area contributed by atoms with Crippen molar-refractivity contribution >= 4 is 6.21 Å². The first-order valence-corrected chi connectivity index (χ1v) is 8.37. The molecule has 1 aromatic carbocycles. The first kappa shape index (κ1) is 17.3. The molecule has 1 unspecified atom stereocenters. The number of hydrogen-bond donors (Lipinski definition) is 2. The van der Waals surface area contributed by atoms with Gasteiger partial charge in [-0.05, 0) is 38.3 Å². The van der Waals surface area contributed by atoms with Gasteiger partial charge in [0.25, 0.3) is 0 Å². The van der Waals surface area contributed by atoms with Crippen LogP contribution in [-0.4, -0.2) is 34.8 Å². The molecule has 2 aromatic rings. The van der Waals surface area contributed by atoms with E-state index in [1.165, 1.54) is 12.1 Å². The number of unbranched alkanes of at least 4 members (excludes halogenated alkanes) is 2. The lowest BCUT2D eigenvalue weighted by molar-refractivity contribution is 0.110. The molecule has 1 aliphatic heterocycles. The molecular weight excluding hydrogens is 324 g/mol. The summed E-state index contributed by atoms with van der Waals surface area (Å²) in [5, 5.41) is 24.0. The molecule has 0 bridgehead atoms. The van der Waals surface area contributed by atoms with Gasteiger partial charge in [0.2, 0.25) is 5.75 Å². The Balaban J connectivity index is 1.44. The maximum atomic E-state index is 10.1. The highest BCUT2D eigenvalue weighted by molar-refractivity contribution is 5.61. The zero-order valence-corrected chi connectivity index (χ0v) is 14.1. The van der Waals surface area contributed by atoms with Crippen molar-refractivity contribution in [1.29, 1.82) is 0 Å². The monoisotopic (exact) mass is 346 g/mol. The van der Waals surface area contributed by atoms with Gasteiger partial charge >= 0.3 is 0 Å². The smallest absolute Gasteiger partial charge is 0.203 e. The standard InChI is InChI=1S/C18H22N2O5/c1-12-9-14(25-20-12)5-3-2-4-7-23-17-15(21)10-13(11-16(17)22)18-19-6-8-24-18/h6,9-11,18,21-22H,2-5,7-8H2,1H3. The molecule has 0 spiro atoms. The average molecular weight is 346 g/mol. The largest absolute Gasteiger partial charge is 0.504 e. The Bertz CT molecular complexity index is 718. The molecule has 134 valence electrons. The number of nitrogens with zero attached hydrogens (tertiary/aromatic N) is 2. The first-order valence-electron chi connectivity index (χ1n) is 8.37. The summed E-state index contributed by atoms with van der Waals surface area (Å²) in [5.74, 6) is 0.758. The topological polar surface area (TPSA) is 97.3 Å². The number of benzene rings is 1. The maximum absolute atomic E-state index is 10.1. The van der Waals surface area contributed by atoms with Gasteiger partial charge in [0, 0.05) is 24.3 Å². The molecule has 0 saturated heterocycles. The van der Waals surface area contributed by atoms with E-state index in [2.05, 4.69) is 10.1 Å². The zero-order chi connectivity index (χ0) is 17.6. The lowest BCUT2D eigenvalue weighted by Gasteiger charge is -2.13. The third kappa shape index (κ3) is 4.51. The molecule has 0 radical (unpaired) electrons. The van der Waals surface area contributed by atoms with Crippen molar-refractivity contribution in [2.45, 2.75) is 38.8 Å². The molecule has 1 aliphatic rings. The van der Waals surface area contributed by atoms with Gasteiger partial charge in [-0.15, -0.1) is 0 Å². The van der Waals surface area contributed by atoms with E-state index < -0.39 is 6.23 Å². The molecule has 25 heavy (non-hydrogen) atoms. The molecule has 0 aliphatic carbocycles. The predicted octanol–water partition coefficient (Wildman–Crippen LogP) is 3.29. The van der Waals surface area contributed by atoms with Crippen LogP contribution in [0.2, 0.25) is 0 Å². The molecule has 7 heteroatoms. The Hall–Kier alpha value is -2.54. The van der Waals surface area contributed by atoms with Crippen LogP contribution < -0.4 is 4.74 Å². The van der Waals surface area contributed by atoms with Gasteiger partial charge in [-0.25, -0.2) is 0 Å². The highest BCUT2D eigenvalue weighted by Gasteiger charge is 2.19. The van der Waals surface area contributed by atoms with Crippen LogP contribution in [0.4, 0.5) is 0 Å². The van der Waals surface area contributed by atoms with Crippen molar-refractivity contribution in [2.24, 2.45) is 4.99 Å². The molecule has 1 aromatic heterocycles. The van der Waals surface area contributed by atoms with Crippen LogP contribution in [0.1, 0.15) is 42.5 Å². The second-order valence-corrected chi connectivity index (χ2v) is 6.00. The van der Waals surface area contributed by atoms with E-state index in [4.69, 9.17) is 14.0 Å². The zero-order valence-electron chi connectivity index (χ0n) is 14.1. The first-order chi connectivity index (χ1) is 12.1. The lowest BCUT2D eigenvalue weighted by Crippen LogP contribution is -2.00. The number of phenolic OH excluding ortho intramolecular Hbond substituents is 2. The van der Waals surface area contributed by atoms with Gasteiger partial charge in [0.05, 0.1) is 18.9 Å². The predicted molar refractivity (Wildman–Crippen MR) is 91.2 cm³/mol. The third-order valence-corrected chi connectivity index (χ3v) is 3.92. The fourth-order valence-corrected chi connectivity index (χ4v) is 2.69. The number of rotatable bonds is 8. The Labute approximate surface area is 145 Å². The minimum absolute atomic E-state index is 0.0941. The van der Waals surface area contributed by atoms with Crippen LogP contribution in [0.25, 0.3) is 0 Å². The quantitative estimate of drug-likeness (QED) is 0.712. The van der Waals surface area contributed by atoms with Crippen molar-refractivity contribution in [2.75, 3.05) is 13.2 Å². The third-order valence-electron chi connectivity index (χ3n) is 3.92. The fourth-order valence-electron chi connectivity index (χ4n) is 2.69. The van der Waals surface area contributed by atoms with Crippen LogP contribution in [-0.2, 0) is 11.2 Å². The van der Waals surface area contributed by atoms with Gasteiger partial charge in [-0.2, -0.15) is 0 Å². The van der Waals surface area contributed by atoms with Crippen LogP contribution in [0.15, 0.2) is 27.7 Å². The average Bonchev–Trinajstić information content (AvgIpc) is 3.24. The summed E-state index contributed by atoms with van der Waals surface area (Å²) < 4.78 is 16.0. The van der Waals surface area contributed by atoms with Crippen molar-refractivity contribution in [3.63, 3.8) is 0 Å². The highest BCUT2D eigenvalue weighted by atomic mass is 16.5. The van der Waals surface area contributed by atoms with E-state index >= 15 is 0 Å². The normalized spacial score (nSPS) is 16.4. The molecule has 0 fully saturated rings. The van der Waals surface area contributed by atoms with E-state index in [1.807, 2.05) is 13.0 Å². The number of aromatic hydroxyl groups is 2. The second kappa shape index (κ2) is 8.02. The van der Waals surface area contributed by atoms with Crippen molar-refractivity contribution in [3.8, 4) is 17.2 Å². The highest BCUT2D eigenvalue weighted by Crippen LogP contribution is 2.39. The number of aryl methyl sites for hydroxylation is 2. The minimum Gasteiger partial charge on any atom is -0.504 e. The van der Waals surface area contributed by atoms with Crippen LogP contribution in [0.5, 0.6) is 17.2 Å². The van der Waals surface area contributed by atoms with Crippen LogP contribution in [0.3, 0.4) is 0 Å². The van der Waals surface area contributed by atoms with Crippen molar-refractivity contribution in [3.05, 3.63) is 35.2 Å². The molecule has 2 N–H and O–H groups in total. The van der Waals surface area contributed by atoms with E-state index in [-0.39, 0.29) is 17.2 Å². The second-order valence-electron chi connectivity index (χ2n) is 6.00. The molecule has 7 nitrogen and oxygen atoms in total. The van der Waals surface area contributed by atoms with Crippen LogP contribution >= 0.6 is 0 Å². The Morgan fingerprint density at radius 2 is 1.96 bits per heavy atom. The van der Waals surface area contributed by atoms with E-state index in [1.54, 1.807) is 6.21 Å². The summed E-state index contributed by atoms with van der Waals surface area (Å²) in [6.45, 7) is 2.74. The Morgan fingerprint density at radius 1 is 1.16 bits per heavy atom. The number of ether oxygens (including phenoxy) is 2. The summed E-state index contributed by atoms with van der Waals surface area (Å²) in [7, 11) is 0. The maximum Gasteiger partial charge on any atom is 0.203 e. The van der Waals surface area contributed by atoms with Gasteiger partial charge in [0.1, 0.15) is 5.76 Å². The molecule has 0 amide bonds. The SMILES string of the molecule is Cc1cc(CCCCCOc2c(O)cc(C3N=CCO3)cc2O)on1. The van der Waals surface area contributed by atoms with E-state index in [0.717, 1.165) is 37.1 Å². The van der Waals surface area contributed by atoms with Gasteiger partial charge in [-0.1, -0.05) is 5.16 Å². The number of aromatic nitrogens is 1. The molecule has 3 rings (SSSR count). The molecule has 1 atom stereocenters. The van der Waals surface area contributed by atoms with Gasteiger partial charge in [-0.3, -0.25) is 4.99 Å². The summed E-state index contributed by atoms with van der Waals surface area (Å²) in [6.07, 6.45) is 4.74. The summed E-state index contributed by atoms with van der Waals surface area (Å²) in [6, 6.07) is 4.95. The lowest BCUT2D eigenvalue weighted by atomic mass is 10.1. The minimum atomic E-state index is -0.481. The van der Waals surface area contributed by atoms with Crippen molar-refractivity contribution < 1.29 is 24.2 Å².